The molecule has 0 fully saturated rings. The number of fused-ring (bicyclic) bond motifs is 2. The second-order valence-electron chi connectivity index (χ2n) is 8.02. The van der Waals surface area contributed by atoms with Crippen molar-refractivity contribution in [3.05, 3.63) is 107 Å². The van der Waals surface area contributed by atoms with Crippen LogP contribution in [0.15, 0.2) is 79.0 Å². The molecule has 3 aromatic carbocycles. The molecule has 2 N–H and O–H groups in total. The van der Waals surface area contributed by atoms with Crippen molar-refractivity contribution in [3.63, 3.8) is 0 Å². The van der Waals surface area contributed by atoms with Crippen LogP contribution in [0.2, 0.25) is 0 Å². The van der Waals surface area contributed by atoms with Gasteiger partial charge in [-0.3, -0.25) is 34.9 Å². The zero-order valence-corrected chi connectivity index (χ0v) is 18.2. The van der Waals surface area contributed by atoms with Crippen LogP contribution in [-0.2, 0) is 13.6 Å². The Balaban J connectivity index is 1.23. The fourth-order valence-corrected chi connectivity index (χ4v) is 4.10. The third-order valence-corrected chi connectivity index (χ3v) is 5.87. The fourth-order valence-electron chi connectivity index (χ4n) is 4.10. The molecule has 168 valence electrons. The average Bonchev–Trinajstić information content (AvgIpc) is 3.33. The zero-order valence-electron chi connectivity index (χ0n) is 18.2. The molecular weight excluding hydrogens is 432 g/mol. The highest BCUT2D eigenvalue weighted by atomic mass is 16.2. The maximum absolute atomic E-state index is 12.6. The van der Waals surface area contributed by atoms with E-state index >= 15 is 0 Å². The lowest BCUT2D eigenvalue weighted by atomic mass is 10.1. The lowest BCUT2D eigenvalue weighted by Gasteiger charge is -2.14. The third kappa shape index (κ3) is 3.61. The Labute approximate surface area is 194 Å². The van der Waals surface area contributed by atoms with Gasteiger partial charge in [0.1, 0.15) is 0 Å². The number of imide groups is 1. The van der Waals surface area contributed by atoms with Crippen LogP contribution in [0.3, 0.4) is 0 Å². The first-order chi connectivity index (χ1) is 16.4. The number of nitrogens with one attached hydrogen (secondary N) is 2. The van der Waals surface area contributed by atoms with Crippen molar-refractivity contribution in [3.8, 4) is 0 Å². The Morgan fingerprint density at radius 1 is 0.765 bits per heavy atom. The molecule has 0 saturated carbocycles. The van der Waals surface area contributed by atoms with E-state index in [1.165, 1.54) is 4.90 Å². The Hall–Kier alpha value is -4.72. The van der Waals surface area contributed by atoms with Crippen molar-refractivity contribution >= 4 is 34.5 Å². The van der Waals surface area contributed by atoms with Crippen molar-refractivity contribution in [2.24, 2.45) is 7.05 Å². The summed E-state index contributed by atoms with van der Waals surface area (Å²) in [6.07, 6.45) is 1.71. The molecule has 4 aromatic rings. The molecule has 1 aliphatic rings. The number of hydrogen-bond donors (Lipinski definition) is 2. The largest absolute Gasteiger partial charge is 0.350 e. The highest BCUT2D eigenvalue weighted by molar-refractivity contribution is 6.21. The van der Waals surface area contributed by atoms with Gasteiger partial charge in [-0.15, -0.1) is 0 Å². The molecular formula is C26H20N4O4. The Morgan fingerprint density at radius 3 is 2.03 bits per heavy atom. The van der Waals surface area contributed by atoms with E-state index in [1.54, 1.807) is 54.7 Å². The number of carbonyl (C=O) groups is 4. The molecule has 0 atom stereocenters. The minimum Gasteiger partial charge on any atom is -0.350 e. The van der Waals surface area contributed by atoms with Gasteiger partial charge in [0.15, 0.2) is 0 Å². The van der Waals surface area contributed by atoms with Gasteiger partial charge >= 0.3 is 0 Å². The highest BCUT2D eigenvalue weighted by Gasteiger charge is 2.34. The van der Waals surface area contributed by atoms with Crippen molar-refractivity contribution in [1.82, 2.24) is 20.3 Å². The SMILES string of the molecule is Cn1cc(C(=O)NNC(=O)c2ccc(CN3C(=O)c4ccccc4C3=O)cc2)c2ccccc21. The monoisotopic (exact) mass is 452 g/mol. The van der Waals surface area contributed by atoms with Crippen LogP contribution >= 0.6 is 0 Å². The van der Waals surface area contributed by atoms with Gasteiger partial charge in [0.2, 0.25) is 0 Å². The molecule has 2 heterocycles. The summed E-state index contributed by atoms with van der Waals surface area (Å²) in [7, 11) is 1.85. The summed E-state index contributed by atoms with van der Waals surface area (Å²) in [5.41, 5.74) is 8.05. The molecule has 0 unspecified atom stereocenters. The molecule has 0 saturated heterocycles. The molecule has 0 spiro atoms. The van der Waals surface area contributed by atoms with Gasteiger partial charge in [-0.2, -0.15) is 0 Å². The van der Waals surface area contributed by atoms with Crippen LogP contribution in [0.5, 0.6) is 0 Å². The number of para-hydroxylation sites is 1. The smallest absolute Gasteiger partial charge is 0.271 e. The molecule has 0 bridgehead atoms. The summed E-state index contributed by atoms with van der Waals surface area (Å²) in [4.78, 5) is 51.4. The number of carbonyl (C=O) groups excluding carboxylic acids is 4. The second-order valence-corrected chi connectivity index (χ2v) is 8.02. The number of aromatic nitrogens is 1. The Kier molecular flexibility index (Phi) is 5.18. The van der Waals surface area contributed by atoms with Gasteiger partial charge in [0, 0.05) is 29.7 Å². The van der Waals surface area contributed by atoms with E-state index in [9.17, 15) is 19.2 Å². The average molecular weight is 452 g/mol. The Morgan fingerprint density at radius 2 is 1.35 bits per heavy atom. The molecule has 34 heavy (non-hydrogen) atoms. The highest BCUT2D eigenvalue weighted by Crippen LogP contribution is 2.24. The van der Waals surface area contributed by atoms with E-state index < -0.39 is 11.8 Å². The molecule has 8 heteroatoms. The standard InChI is InChI=1S/C26H20N4O4/c1-29-15-21(18-6-4-5-9-22(18)29)24(32)28-27-23(31)17-12-10-16(11-13-17)14-30-25(33)19-7-2-3-8-20(19)26(30)34/h2-13,15H,14H2,1H3,(H,27,31)(H,28,32). The van der Waals surface area contributed by atoms with Gasteiger partial charge in [0.05, 0.1) is 23.2 Å². The third-order valence-electron chi connectivity index (χ3n) is 5.87. The summed E-state index contributed by atoms with van der Waals surface area (Å²) < 4.78 is 1.85. The van der Waals surface area contributed by atoms with E-state index in [2.05, 4.69) is 10.9 Å². The molecule has 4 amide bonds. The summed E-state index contributed by atoms with van der Waals surface area (Å²) in [6, 6.07) is 20.7. The zero-order chi connectivity index (χ0) is 23.8. The van der Waals surface area contributed by atoms with Crippen LogP contribution < -0.4 is 10.9 Å². The van der Waals surface area contributed by atoms with Crippen LogP contribution in [0.4, 0.5) is 0 Å². The van der Waals surface area contributed by atoms with E-state index in [-0.39, 0.29) is 18.4 Å². The van der Waals surface area contributed by atoms with E-state index in [1.807, 2.05) is 35.9 Å². The van der Waals surface area contributed by atoms with Crippen LogP contribution in [0.25, 0.3) is 10.9 Å². The number of hydrogen-bond acceptors (Lipinski definition) is 4. The lowest BCUT2D eigenvalue weighted by Crippen LogP contribution is -2.41. The van der Waals surface area contributed by atoms with Gasteiger partial charge < -0.3 is 4.57 Å². The normalized spacial score (nSPS) is 12.7. The van der Waals surface area contributed by atoms with E-state index in [0.717, 1.165) is 10.9 Å². The molecule has 0 radical (unpaired) electrons. The minimum atomic E-state index is -0.485. The number of hydrazine groups is 1. The van der Waals surface area contributed by atoms with Crippen LogP contribution in [-0.4, -0.2) is 33.1 Å². The summed E-state index contributed by atoms with van der Waals surface area (Å²) in [6.45, 7) is 0.103. The first-order valence-electron chi connectivity index (χ1n) is 10.6. The first kappa shape index (κ1) is 21.1. The summed E-state index contributed by atoms with van der Waals surface area (Å²) in [5.74, 6) is -1.58. The van der Waals surface area contributed by atoms with Crippen molar-refractivity contribution in [1.29, 1.82) is 0 Å². The predicted molar refractivity (Wildman–Crippen MR) is 125 cm³/mol. The summed E-state index contributed by atoms with van der Waals surface area (Å²) in [5, 5.41) is 0.786. The molecule has 1 aliphatic heterocycles. The fraction of sp³-hybridized carbons (Fsp3) is 0.0769. The first-order valence-corrected chi connectivity index (χ1v) is 10.6. The molecule has 1 aromatic heterocycles. The van der Waals surface area contributed by atoms with Gasteiger partial charge in [-0.25, -0.2) is 0 Å². The number of benzene rings is 3. The number of rotatable bonds is 4. The second kappa shape index (κ2) is 8.32. The van der Waals surface area contributed by atoms with Crippen molar-refractivity contribution < 1.29 is 19.2 Å². The van der Waals surface area contributed by atoms with Gasteiger partial charge in [-0.1, -0.05) is 42.5 Å². The maximum Gasteiger partial charge on any atom is 0.271 e. The van der Waals surface area contributed by atoms with Gasteiger partial charge in [-0.05, 0) is 35.9 Å². The number of aryl methyl sites for hydroxylation is 1. The Bertz CT molecular complexity index is 1430. The summed E-state index contributed by atoms with van der Waals surface area (Å²) >= 11 is 0. The maximum atomic E-state index is 12.6. The van der Waals surface area contributed by atoms with Crippen molar-refractivity contribution in [2.45, 2.75) is 6.54 Å². The van der Waals surface area contributed by atoms with E-state index in [0.29, 0.717) is 27.8 Å². The van der Waals surface area contributed by atoms with Crippen molar-refractivity contribution in [2.75, 3.05) is 0 Å². The molecule has 5 rings (SSSR count). The molecule has 8 nitrogen and oxygen atoms in total. The minimum absolute atomic E-state index is 0.103. The van der Waals surface area contributed by atoms with E-state index in [4.69, 9.17) is 0 Å². The molecule has 0 aliphatic carbocycles. The lowest BCUT2D eigenvalue weighted by molar-refractivity contribution is 0.0641. The number of amides is 4. The predicted octanol–water partition coefficient (Wildman–Crippen LogP) is 3.05. The quantitative estimate of drug-likeness (QED) is 0.367. The van der Waals surface area contributed by atoms with Gasteiger partial charge in [0.25, 0.3) is 23.6 Å². The topological polar surface area (TPSA) is 101 Å². The van der Waals surface area contributed by atoms with Crippen LogP contribution in [0, 0.1) is 0 Å². The van der Waals surface area contributed by atoms with Crippen LogP contribution in [0.1, 0.15) is 47.0 Å². The number of nitrogens with zero attached hydrogens (tertiary/aromatic N) is 2.